The second-order valence-electron chi connectivity index (χ2n) is 12.2. The highest BCUT2D eigenvalue weighted by Gasteiger charge is 2.33. The van der Waals surface area contributed by atoms with E-state index < -0.39 is 0 Å². The van der Waals surface area contributed by atoms with Crippen molar-refractivity contribution in [2.75, 3.05) is 13.1 Å². The van der Waals surface area contributed by atoms with Crippen molar-refractivity contribution in [2.45, 2.75) is 120 Å². The molecule has 2 amide bonds. The van der Waals surface area contributed by atoms with Gasteiger partial charge >= 0.3 is 6.03 Å². The van der Waals surface area contributed by atoms with Crippen LogP contribution in [0, 0.1) is 0 Å². The summed E-state index contributed by atoms with van der Waals surface area (Å²) in [4.78, 5) is 12.4. The Morgan fingerprint density at radius 2 is 1.34 bits per heavy atom. The minimum atomic E-state index is -0.0314. The maximum absolute atomic E-state index is 12.4. The van der Waals surface area contributed by atoms with E-state index in [-0.39, 0.29) is 18.0 Å². The van der Waals surface area contributed by atoms with Crippen LogP contribution in [0.1, 0.15) is 130 Å². The average molecular weight is 516 g/mol. The molecule has 0 bridgehead atoms. The van der Waals surface area contributed by atoms with Gasteiger partial charge in [0.25, 0.3) is 0 Å². The van der Waals surface area contributed by atoms with Gasteiger partial charge < -0.3 is 16.0 Å². The van der Waals surface area contributed by atoms with Crippen molar-refractivity contribution < 1.29 is 4.79 Å². The van der Waals surface area contributed by atoms with E-state index in [2.05, 4.69) is 71.4 Å². The number of amides is 2. The van der Waals surface area contributed by atoms with E-state index in [1.54, 1.807) is 0 Å². The van der Waals surface area contributed by atoms with Gasteiger partial charge in [-0.25, -0.2) is 4.79 Å². The second kappa shape index (κ2) is 13.6. The number of benzene rings is 2. The van der Waals surface area contributed by atoms with E-state index in [9.17, 15) is 4.79 Å². The molecule has 2 aromatic rings. The van der Waals surface area contributed by atoms with Gasteiger partial charge in [-0.15, -0.1) is 0 Å². The van der Waals surface area contributed by atoms with E-state index in [1.807, 2.05) is 0 Å². The molecule has 4 heteroatoms. The molecule has 3 N–H and O–H groups in total. The zero-order chi connectivity index (χ0) is 26.2. The van der Waals surface area contributed by atoms with E-state index in [1.165, 1.54) is 86.5 Å². The van der Waals surface area contributed by atoms with Crippen molar-refractivity contribution in [1.82, 2.24) is 16.0 Å². The summed E-state index contributed by atoms with van der Waals surface area (Å²) in [5, 5.41) is 10.0. The maximum atomic E-state index is 12.4. The van der Waals surface area contributed by atoms with Gasteiger partial charge in [0.15, 0.2) is 0 Å². The summed E-state index contributed by atoms with van der Waals surface area (Å²) in [5.74, 6) is 1.75. The summed E-state index contributed by atoms with van der Waals surface area (Å²) in [6.07, 6.45) is 16.7. The molecule has 5 rings (SSSR count). The quantitative estimate of drug-likeness (QED) is 0.299. The third kappa shape index (κ3) is 7.00. The Balaban J connectivity index is 1.32. The average Bonchev–Trinajstić information content (AvgIpc) is 3.42. The van der Waals surface area contributed by atoms with Crippen LogP contribution in [0.15, 0.2) is 48.5 Å². The Hall–Kier alpha value is -2.33. The minimum Gasteiger partial charge on any atom is -0.338 e. The number of urea groups is 1. The van der Waals surface area contributed by atoms with Gasteiger partial charge in [-0.2, -0.15) is 0 Å². The summed E-state index contributed by atoms with van der Waals surface area (Å²) >= 11 is 0. The fraction of sp³-hybridized carbons (Fsp3) is 0.618. The van der Waals surface area contributed by atoms with E-state index in [4.69, 9.17) is 0 Å². The molecule has 1 aliphatic heterocycles. The number of hydrogen-bond acceptors (Lipinski definition) is 2. The molecule has 3 aliphatic rings. The number of unbranched alkanes of at least 4 members (excludes halogenated alkanes) is 1. The molecule has 1 heterocycles. The fourth-order valence-electron chi connectivity index (χ4n) is 7.23. The molecule has 38 heavy (non-hydrogen) atoms. The van der Waals surface area contributed by atoms with Crippen LogP contribution in [0.3, 0.4) is 0 Å². The lowest BCUT2D eigenvalue weighted by Crippen LogP contribution is -2.43. The first kappa shape index (κ1) is 27.2. The van der Waals surface area contributed by atoms with Crippen molar-refractivity contribution in [3.05, 3.63) is 70.8 Å². The standard InChI is InChI=1S/C34H49N3O/c1-2-3-22-35-34(38)37-31-23-32(36-24-31)33(29-18-14-27(15-19-29)25-10-6-4-7-11-25)30-20-16-28(17-21-30)26-12-8-5-9-13-26/h14-21,25-26,31-33,36H,2-13,22-24H2,1H3,(H2,35,37,38)/t31-,32-/m1/s1. The molecular weight excluding hydrogens is 466 g/mol. The van der Waals surface area contributed by atoms with E-state index in [0.717, 1.165) is 44.2 Å². The van der Waals surface area contributed by atoms with Crippen LogP contribution in [-0.2, 0) is 0 Å². The highest BCUT2D eigenvalue weighted by atomic mass is 16.2. The highest BCUT2D eigenvalue weighted by molar-refractivity contribution is 5.74. The van der Waals surface area contributed by atoms with Gasteiger partial charge in [-0.1, -0.05) is 100 Å². The summed E-state index contributed by atoms with van der Waals surface area (Å²) in [5.41, 5.74) is 5.81. The first-order valence-corrected chi connectivity index (χ1v) is 15.7. The van der Waals surface area contributed by atoms with Gasteiger partial charge in [0.2, 0.25) is 0 Å². The summed E-state index contributed by atoms with van der Waals surface area (Å²) < 4.78 is 0. The maximum Gasteiger partial charge on any atom is 0.315 e. The Labute approximate surface area is 230 Å². The van der Waals surface area contributed by atoms with Crippen LogP contribution in [0.4, 0.5) is 4.79 Å². The molecule has 3 fully saturated rings. The summed E-state index contributed by atoms with van der Waals surface area (Å²) in [6.45, 7) is 3.71. The predicted octanol–water partition coefficient (Wildman–Crippen LogP) is 7.74. The SMILES string of the molecule is CCCCNC(=O)N[C@H]1CN[C@@H](C(c2ccc(C3CCCCC3)cc2)c2ccc(C3CCCCC3)cc2)C1. The molecule has 2 saturated carbocycles. The minimum absolute atomic E-state index is 0.0314. The molecule has 2 aromatic carbocycles. The van der Waals surface area contributed by atoms with E-state index in [0.29, 0.717) is 6.04 Å². The lowest BCUT2D eigenvalue weighted by molar-refractivity contribution is 0.237. The first-order valence-electron chi connectivity index (χ1n) is 15.7. The van der Waals surface area contributed by atoms with Crippen molar-refractivity contribution in [3.8, 4) is 0 Å². The van der Waals surface area contributed by atoms with Gasteiger partial charge in [-0.3, -0.25) is 0 Å². The third-order valence-electron chi connectivity index (χ3n) is 9.46. The van der Waals surface area contributed by atoms with Gasteiger partial charge in [0.1, 0.15) is 0 Å². The van der Waals surface area contributed by atoms with Crippen LogP contribution in [0.2, 0.25) is 0 Å². The molecule has 1 saturated heterocycles. The molecule has 0 aromatic heterocycles. The Morgan fingerprint density at radius 3 is 1.84 bits per heavy atom. The number of hydrogen-bond donors (Lipinski definition) is 3. The predicted molar refractivity (Wildman–Crippen MR) is 158 cm³/mol. The highest BCUT2D eigenvalue weighted by Crippen LogP contribution is 2.38. The van der Waals surface area contributed by atoms with Gasteiger partial charge in [0, 0.05) is 31.1 Å². The van der Waals surface area contributed by atoms with E-state index >= 15 is 0 Å². The van der Waals surface area contributed by atoms with Crippen LogP contribution >= 0.6 is 0 Å². The van der Waals surface area contributed by atoms with Gasteiger partial charge in [-0.05, 0) is 72.6 Å². The number of carbonyl (C=O) groups excluding carboxylic acids is 1. The molecule has 2 aliphatic carbocycles. The lowest BCUT2D eigenvalue weighted by atomic mass is 9.79. The van der Waals surface area contributed by atoms with Crippen molar-refractivity contribution in [3.63, 3.8) is 0 Å². The van der Waals surface area contributed by atoms with Crippen molar-refractivity contribution >= 4 is 6.03 Å². The third-order valence-corrected chi connectivity index (χ3v) is 9.46. The van der Waals surface area contributed by atoms with Crippen LogP contribution in [0.5, 0.6) is 0 Å². The molecule has 0 radical (unpaired) electrons. The fourth-order valence-corrected chi connectivity index (χ4v) is 7.23. The van der Waals surface area contributed by atoms with Crippen molar-refractivity contribution in [2.24, 2.45) is 0 Å². The molecule has 0 spiro atoms. The Morgan fingerprint density at radius 1 is 0.816 bits per heavy atom. The molecule has 2 atom stereocenters. The lowest BCUT2D eigenvalue weighted by Gasteiger charge is -2.28. The first-order chi connectivity index (χ1) is 18.7. The van der Waals surface area contributed by atoms with Crippen LogP contribution < -0.4 is 16.0 Å². The Kier molecular flexibility index (Phi) is 9.78. The van der Waals surface area contributed by atoms with Crippen LogP contribution in [0.25, 0.3) is 0 Å². The summed E-state index contributed by atoms with van der Waals surface area (Å²) in [7, 11) is 0. The zero-order valence-corrected chi connectivity index (χ0v) is 23.5. The monoisotopic (exact) mass is 515 g/mol. The normalized spacial score (nSPS) is 23.0. The second-order valence-corrected chi connectivity index (χ2v) is 12.2. The number of rotatable bonds is 9. The molecule has 4 nitrogen and oxygen atoms in total. The number of carbonyl (C=O) groups is 1. The van der Waals surface area contributed by atoms with Crippen molar-refractivity contribution in [1.29, 1.82) is 0 Å². The summed E-state index contributed by atoms with van der Waals surface area (Å²) in [6, 6.07) is 19.6. The van der Waals surface area contributed by atoms with Gasteiger partial charge in [0.05, 0.1) is 0 Å². The smallest absolute Gasteiger partial charge is 0.315 e. The molecule has 206 valence electrons. The number of nitrogens with one attached hydrogen (secondary N) is 3. The zero-order valence-electron chi connectivity index (χ0n) is 23.5. The molecular formula is C34H49N3O. The topological polar surface area (TPSA) is 53.2 Å². The van der Waals surface area contributed by atoms with Crippen LogP contribution in [-0.4, -0.2) is 31.2 Å². The largest absolute Gasteiger partial charge is 0.338 e. The Bertz CT molecular complexity index is 928. The molecule has 0 unspecified atom stereocenters.